The zero-order valence-electron chi connectivity index (χ0n) is 18.0. The summed E-state index contributed by atoms with van der Waals surface area (Å²) in [5, 5.41) is 0. The molecule has 0 amide bonds. The second kappa shape index (κ2) is 8.53. The topological polar surface area (TPSA) is 64.6 Å². The van der Waals surface area contributed by atoms with Crippen LogP contribution in [0, 0.1) is 20.8 Å². The van der Waals surface area contributed by atoms with Crippen LogP contribution in [0.1, 0.15) is 60.5 Å². The Bertz CT molecular complexity index is 965. The first-order valence-electron chi connectivity index (χ1n) is 9.37. The molecule has 0 bridgehead atoms. The van der Waals surface area contributed by atoms with Gasteiger partial charge in [-0.2, -0.15) is 0 Å². The van der Waals surface area contributed by atoms with E-state index in [9.17, 15) is 8.42 Å². The van der Waals surface area contributed by atoms with E-state index in [1.165, 1.54) is 0 Å². The molecule has 1 atom stereocenters. The molecule has 0 saturated carbocycles. The number of ether oxygens (including phenoxy) is 2. The van der Waals surface area contributed by atoms with Gasteiger partial charge in [0.1, 0.15) is 11.5 Å². The number of hydrogen-bond donors (Lipinski definition) is 1. The molecule has 2 aromatic rings. The van der Waals surface area contributed by atoms with Gasteiger partial charge in [0.25, 0.3) is 0 Å². The van der Waals surface area contributed by atoms with E-state index in [2.05, 4.69) is 18.6 Å². The summed E-state index contributed by atoms with van der Waals surface area (Å²) in [6.45, 7) is 11.6. The lowest BCUT2D eigenvalue weighted by molar-refractivity contribution is 0.406. The second-order valence-corrected chi connectivity index (χ2v) is 9.22. The molecule has 0 saturated heterocycles. The van der Waals surface area contributed by atoms with Gasteiger partial charge in [0, 0.05) is 6.04 Å². The highest BCUT2D eigenvalue weighted by atomic mass is 32.2. The van der Waals surface area contributed by atoms with Crippen molar-refractivity contribution in [3.05, 3.63) is 52.1 Å². The molecule has 0 aliphatic heterocycles. The Labute approximate surface area is 169 Å². The van der Waals surface area contributed by atoms with Crippen LogP contribution in [0.3, 0.4) is 0 Å². The summed E-state index contributed by atoms with van der Waals surface area (Å²) in [6.07, 6.45) is 0. The summed E-state index contributed by atoms with van der Waals surface area (Å²) < 4.78 is 39.7. The summed E-state index contributed by atoms with van der Waals surface area (Å²) in [5.74, 6) is 1.77. The van der Waals surface area contributed by atoms with Gasteiger partial charge < -0.3 is 9.47 Å². The van der Waals surface area contributed by atoms with Gasteiger partial charge in [-0.3, -0.25) is 0 Å². The van der Waals surface area contributed by atoms with E-state index in [4.69, 9.17) is 9.47 Å². The van der Waals surface area contributed by atoms with Gasteiger partial charge in [0.2, 0.25) is 10.0 Å². The molecule has 1 N–H and O–H groups in total. The first-order valence-corrected chi connectivity index (χ1v) is 10.9. The molecule has 5 nitrogen and oxygen atoms in total. The predicted octanol–water partition coefficient (Wildman–Crippen LogP) is 4.79. The van der Waals surface area contributed by atoms with Crippen molar-refractivity contribution in [2.24, 2.45) is 0 Å². The van der Waals surface area contributed by atoms with Crippen LogP contribution in [0.15, 0.2) is 29.2 Å². The van der Waals surface area contributed by atoms with E-state index in [-0.39, 0.29) is 16.9 Å². The number of rotatable bonds is 7. The lowest BCUT2D eigenvalue weighted by Gasteiger charge is -2.21. The van der Waals surface area contributed by atoms with Gasteiger partial charge >= 0.3 is 0 Å². The fraction of sp³-hybridized carbons (Fsp3) is 0.455. The molecule has 0 aliphatic carbocycles. The maximum Gasteiger partial charge on any atom is 0.241 e. The number of sulfonamides is 1. The van der Waals surface area contributed by atoms with Crippen LogP contribution in [0.2, 0.25) is 0 Å². The molecule has 6 heteroatoms. The van der Waals surface area contributed by atoms with Crippen LogP contribution in [-0.4, -0.2) is 22.6 Å². The molecule has 0 aromatic heterocycles. The van der Waals surface area contributed by atoms with Gasteiger partial charge in [-0.1, -0.05) is 13.8 Å². The normalized spacial score (nSPS) is 12.9. The van der Waals surface area contributed by atoms with Crippen LogP contribution in [0.5, 0.6) is 11.5 Å². The first kappa shape index (κ1) is 22.2. The third-order valence-electron chi connectivity index (χ3n) is 5.02. The molecular formula is C22H31NO4S. The Morgan fingerprint density at radius 2 is 1.36 bits per heavy atom. The fourth-order valence-electron chi connectivity index (χ4n) is 3.44. The molecule has 0 fully saturated rings. The predicted molar refractivity (Wildman–Crippen MR) is 113 cm³/mol. The van der Waals surface area contributed by atoms with Crippen molar-refractivity contribution < 1.29 is 17.9 Å². The Kier molecular flexibility index (Phi) is 6.78. The van der Waals surface area contributed by atoms with Crippen molar-refractivity contribution in [2.45, 2.75) is 58.4 Å². The van der Waals surface area contributed by atoms with E-state index in [0.29, 0.717) is 11.3 Å². The van der Waals surface area contributed by atoms with Gasteiger partial charge in [-0.25, -0.2) is 13.1 Å². The van der Waals surface area contributed by atoms with Crippen molar-refractivity contribution in [1.82, 2.24) is 4.72 Å². The van der Waals surface area contributed by atoms with E-state index in [1.807, 2.05) is 32.9 Å². The average molecular weight is 406 g/mol. The highest BCUT2D eigenvalue weighted by molar-refractivity contribution is 7.89. The quantitative estimate of drug-likeness (QED) is 0.719. The summed E-state index contributed by atoms with van der Waals surface area (Å²) >= 11 is 0. The standard InChI is InChI=1S/C22H31NO4S/c1-13(2)18-12-19(14(3)9-21(18)27-8)17(6)23-28(24,25)22-11-15(4)20(26-7)10-16(22)5/h9-13,17,23H,1-8H3/t17-/m0/s1. The summed E-state index contributed by atoms with van der Waals surface area (Å²) in [6, 6.07) is 7.04. The summed E-state index contributed by atoms with van der Waals surface area (Å²) in [7, 11) is -0.456. The average Bonchev–Trinajstić information content (AvgIpc) is 2.61. The smallest absolute Gasteiger partial charge is 0.241 e. The van der Waals surface area contributed by atoms with E-state index < -0.39 is 10.0 Å². The second-order valence-electron chi connectivity index (χ2n) is 7.54. The van der Waals surface area contributed by atoms with Gasteiger partial charge in [-0.05, 0) is 85.7 Å². The maximum atomic E-state index is 13.1. The van der Waals surface area contributed by atoms with Crippen molar-refractivity contribution in [1.29, 1.82) is 0 Å². The van der Waals surface area contributed by atoms with Crippen LogP contribution in [0.4, 0.5) is 0 Å². The number of nitrogens with one attached hydrogen (secondary N) is 1. The molecule has 0 spiro atoms. The van der Waals surface area contributed by atoms with Crippen LogP contribution < -0.4 is 14.2 Å². The van der Waals surface area contributed by atoms with Crippen LogP contribution >= 0.6 is 0 Å². The minimum Gasteiger partial charge on any atom is -0.496 e. The van der Waals surface area contributed by atoms with E-state index in [1.54, 1.807) is 33.3 Å². The van der Waals surface area contributed by atoms with Crippen molar-refractivity contribution >= 4 is 10.0 Å². The minimum atomic E-state index is -3.69. The molecule has 2 aromatic carbocycles. The molecular weight excluding hydrogens is 374 g/mol. The molecule has 154 valence electrons. The van der Waals surface area contributed by atoms with Gasteiger partial charge in [0.15, 0.2) is 0 Å². The zero-order chi connectivity index (χ0) is 21.2. The summed E-state index contributed by atoms with van der Waals surface area (Å²) in [4.78, 5) is 0.271. The maximum absolute atomic E-state index is 13.1. The zero-order valence-corrected chi connectivity index (χ0v) is 18.8. The van der Waals surface area contributed by atoms with Gasteiger partial charge in [0.05, 0.1) is 19.1 Å². The highest BCUT2D eigenvalue weighted by Gasteiger charge is 2.23. The van der Waals surface area contributed by atoms with Crippen molar-refractivity contribution in [2.75, 3.05) is 14.2 Å². The Balaban J connectivity index is 2.43. The minimum absolute atomic E-state index is 0.268. The molecule has 0 unspecified atom stereocenters. The number of methoxy groups -OCH3 is 2. The fourth-order valence-corrected chi connectivity index (χ4v) is 4.98. The number of aryl methyl sites for hydroxylation is 3. The SMILES string of the molecule is COc1cc(C)c(S(=O)(=O)N[C@@H](C)c2cc(C(C)C)c(OC)cc2C)cc1C. The van der Waals surface area contributed by atoms with Crippen LogP contribution in [0.25, 0.3) is 0 Å². The van der Waals surface area contributed by atoms with E-state index in [0.717, 1.165) is 28.0 Å². The molecule has 28 heavy (non-hydrogen) atoms. The largest absolute Gasteiger partial charge is 0.496 e. The first-order chi connectivity index (χ1) is 13.0. The van der Waals surface area contributed by atoms with Gasteiger partial charge in [-0.15, -0.1) is 0 Å². The molecule has 0 heterocycles. The monoisotopic (exact) mass is 405 g/mol. The molecule has 0 radical (unpaired) electrons. The summed E-state index contributed by atoms with van der Waals surface area (Å²) in [5.41, 5.74) is 4.42. The third-order valence-corrected chi connectivity index (χ3v) is 6.70. The van der Waals surface area contributed by atoms with Crippen molar-refractivity contribution in [3.63, 3.8) is 0 Å². The Morgan fingerprint density at radius 1 is 0.786 bits per heavy atom. The molecule has 0 aliphatic rings. The highest BCUT2D eigenvalue weighted by Crippen LogP contribution is 2.33. The number of hydrogen-bond acceptors (Lipinski definition) is 4. The Morgan fingerprint density at radius 3 is 1.89 bits per heavy atom. The van der Waals surface area contributed by atoms with Crippen LogP contribution in [-0.2, 0) is 10.0 Å². The van der Waals surface area contributed by atoms with Crippen molar-refractivity contribution in [3.8, 4) is 11.5 Å². The number of benzene rings is 2. The lowest BCUT2D eigenvalue weighted by Crippen LogP contribution is -2.28. The Hall–Kier alpha value is -2.05. The molecule has 2 rings (SSSR count). The lowest BCUT2D eigenvalue weighted by atomic mass is 9.94. The van der Waals surface area contributed by atoms with E-state index >= 15 is 0 Å². The third kappa shape index (κ3) is 4.50.